The highest BCUT2D eigenvalue weighted by molar-refractivity contribution is 5.95. The fraction of sp³-hybridized carbons (Fsp3) is 0.692. The van der Waals surface area contributed by atoms with Gasteiger partial charge in [-0.15, -0.1) is 0 Å². The van der Waals surface area contributed by atoms with E-state index < -0.39 is 18.4 Å². The van der Waals surface area contributed by atoms with E-state index in [9.17, 15) is 18.7 Å². The number of carbonyl (C=O) groups excluding carboxylic acids is 1. The van der Waals surface area contributed by atoms with Crippen LogP contribution in [-0.2, 0) is 6.54 Å². The number of hydrogen-bond acceptors (Lipinski definition) is 3. The number of rotatable bonds is 4. The van der Waals surface area contributed by atoms with Crippen LogP contribution in [-0.4, -0.2) is 44.9 Å². The Bertz CT molecular complexity index is 488. The molecule has 0 radical (unpaired) electrons. The summed E-state index contributed by atoms with van der Waals surface area (Å²) in [5.41, 5.74) is -0.389. The highest BCUT2D eigenvalue weighted by Gasteiger charge is 2.31. The molecule has 7 heteroatoms. The number of amides is 1. The van der Waals surface area contributed by atoms with Crippen LogP contribution in [0.4, 0.5) is 8.78 Å². The SMILES string of the molecule is CC(C)Cn1ncc(C(=O)N2CC[C@@H](O)C2)c1C(F)F. The van der Waals surface area contributed by atoms with Crippen molar-refractivity contribution in [3.8, 4) is 0 Å². The van der Waals surface area contributed by atoms with E-state index >= 15 is 0 Å². The van der Waals surface area contributed by atoms with Gasteiger partial charge in [0, 0.05) is 19.6 Å². The summed E-state index contributed by atoms with van der Waals surface area (Å²) in [5.74, 6) is -0.323. The molecule has 0 aliphatic carbocycles. The number of aliphatic hydroxyl groups is 1. The number of aromatic nitrogens is 2. The molecule has 0 aromatic carbocycles. The lowest BCUT2D eigenvalue weighted by Crippen LogP contribution is -2.30. The Labute approximate surface area is 116 Å². The van der Waals surface area contributed by atoms with Crippen molar-refractivity contribution in [2.45, 2.75) is 39.3 Å². The predicted octanol–water partition coefficient (Wildman–Crippen LogP) is 1.68. The second-order valence-electron chi connectivity index (χ2n) is 5.51. The first-order valence-corrected chi connectivity index (χ1v) is 6.71. The minimum atomic E-state index is -2.75. The van der Waals surface area contributed by atoms with Gasteiger partial charge >= 0.3 is 0 Å². The fourth-order valence-electron chi connectivity index (χ4n) is 2.38. The topological polar surface area (TPSA) is 58.4 Å². The molecule has 0 unspecified atom stereocenters. The van der Waals surface area contributed by atoms with Crippen molar-refractivity contribution in [2.75, 3.05) is 13.1 Å². The number of carbonyl (C=O) groups is 1. The van der Waals surface area contributed by atoms with Crippen molar-refractivity contribution in [1.82, 2.24) is 14.7 Å². The monoisotopic (exact) mass is 287 g/mol. The Hall–Kier alpha value is -1.50. The second kappa shape index (κ2) is 5.87. The second-order valence-corrected chi connectivity index (χ2v) is 5.51. The summed E-state index contributed by atoms with van der Waals surface area (Å²) in [6.45, 7) is 4.72. The Morgan fingerprint density at radius 1 is 1.55 bits per heavy atom. The first-order valence-electron chi connectivity index (χ1n) is 6.71. The van der Waals surface area contributed by atoms with E-state index in [1.54, 1.807) is 0 Å². The average Bonchev–Trinajstić information content (AvgIpc) is 2.94. The molecule has 1 aromatic heterocycles. The van der Waals surface area contributed by atoms with E-state index in [0.717, 1.165) is 0 Å². The number of likely N-dealkylation sites (tertiary alicyclic amines) is 1. The standard InChI is InChI=1S/C13H19F2N3O2/c1-8(2)6-18-11(12(14)15)10(5-16-18)13(20)17-4-3-9(19)7-17/h5,8-9,12,19H,3-4,6-7H2,1-2H3/t9-/m1/s1. The molecular weight excluding hydrogens is 268 g/mol. The Kier molecular flexibility index (Phi) is 4.37. The lowest BCUT2D eigenvalue weighted by atomic mass is 10.2. The van der Waals surface area contributed by atoms with Gasteiger partial charge in [0.15, 0.2) is 0 Å². The molecule has 1 aliphatic rings. The van der Waals surface area contributed by atoms with Crippen LogP contribution in [0.25, 0.3) is 0 Å². The first kappa shape index (κ1) is 14.9. The summed E-state index contributed by atoms with van der Waals surface area (Å²) < 4.78 is 27.6. The Morgan fingerprint density at radius 2 is 2.25 bits per heavy atom. The van der Waals surface area contributed by atoms with Crippen molar-refractivity contribution >= 4 is 5.91 Å². The zero-order valence-electron chi connectivity index (χ0n) is 11.6. The first-order chi connectivity index (χ1) is 9.40. The molecule has 2 rings (SSSR count). The van der Waals surface area contributed by atoms with Gasteiger partial charge in [0.2, 0.25) is 0 Å². The maximum atomic E-state index is 13.2. The van der Waals surface area contributed by atoms with Crippen LogP contribution in [0.3, 0.4) is 0 Å². The molecule has 112 valence electrons. The molecular formula is C13H19F2N3O2. The zero-order valence-corrected chi connectivity index (χ0v) is 11.6. The smallest absolute Gasteiger partial charge is 0.280 e. The summed E-state index contributed by atoms with van der Waals surface area (Å²) >= 11 is 0. The van der Waals surface area contributed by atoms with Crippen molar-refractivity contribution in [2.24, 2.45) is 5.92 Å². The van der Waals surface area contributed by atoms with Gasteiger partial charge in [0.25, 0.3) is 12.3 Å². The van der Waals surface area contributed by atoms with E-state index in [4.69, 9.17) is 0 Å². The minimum Gasteiger partial charge on any atom is -0.391 e. The maximum absolute atomic E-state index is 13.2. The third-order valence-corrected chi connectivity index (χ3v) is 3.31. The Balaban J connectivity index is 2.27. The van der Waals surface area contributed by atoms with Gasteiger partial charge in [-0.05, 0) is 12.3 Å². The van der Waals surface area contributed by atoms with E-state index in [1.165, 1.54) is 15.8 Å². The van der Waals surface area contributed by atoms with E-state index in [2.05, 4.69) is 5.10 Å². The number of aliphatic hydroxyl groups excluding tert-OH is 1. The lowest BCUT2D eigenvalue weighted by molar-refractivity contribution is 0.0750. The number of hydrogen-bond donors (Lipinski definition) is 1. The van der Waals surface area contributed by atoms with Crippen LogP contribution >= 0.6 is 0 Å². The number of nitrogens with zero attached hydrogens (tertiary/aromatic N) is 3. The zero-order chi connectivity index (χ0) is 14.9. The molecule has 20 heavy (non-hydrogen) atoms. The van der Waals surface area contributed by atoms with Crippen molar-refractivity contribution in [3.05, 3.63) is 17.5 Å². The van der Waals surface area contributed by atoms with Crippen LogP contribution in [0.5, 0.6) is 0 Å². The van der Waals surface area contributed by atoms with Crippen molar-refractivity contribution in [1.29, 1.82) is 0 Å². The summed E-state index contributed by atoms with van der Waals surface area (Å²) in [7, 11) is 0. The molecule has 5 nitrogen and oxygen atoms in total. The predicted molar refractivity (Wildman–Crippen MR) is 68.5 cm³/mol. The summed E-state index contributed by atoms with van der Waals surface area (Å²) in [6.07, 6.45) is -1.63. The largest absolute Gasteiger partial charge is 0.391 e. The third kappa shape index (κ3) is 2.98. The van der Waals surface area contributed by atoms with E-state index in [-0.39, 0.29) is 23.7 Å². The molecule has 1 N–H and O–H groups in total. The average molecular weight is 287 g/mol. The maximum Gasteiger partial charge on any atom is 0.280 e. The molecule has 0 bridgehead atoms. The van der Waals surface area contributed by atoms with E-state index in [0.29, 0.717) is 19.5 Å². The molecule has 0 spiro atoms. The summed E-state index contributed by atoms with van der Waals surface area (Å²) in [6, 6.07) is 0. The van der Waals surface area contributed by atoms with Crippen LogP contribution in [0.15, 0.2) is 6.20 Å². The van der Waals surface area contributed by atoms with Gasteiger partial charge in [-0.2, -0.15) is 5.10 Å². The fourth-order valence-corrected chi connectivity index (χ4v) is 2.38. The molecule has 2 heterocycles. The molecule has 0 saturated carbocycles. The summed E-state index contributed by atoms with van der Waals surface area (Å²) in [5, 5.41) is 13.4. The van der Waals surface area contributed by atoms with Crippen molar-refractivity contribution < 1.29 is 18.7 Å². The molecule has 1 atom stereocenters. The van der Waals surface area contributed by atoms with Crippen LogP contribution < -0.4 is 0 Å². The molecule has 1 amide bonds. The van der Waals surface area contributed by atoms with Crippen LogP contribution in [0, 0.1) is 5.92 Å². The number of β-amino-alcohol motifs (C(OH)–C–C–N with tert-alkyl or cyclic N) is 1. The number of halogens is 2. The minimum absolute atomic E-state index is 0.0604. The van der Waals surface area contributed by atoms with Gasteiger partial charge in [0.1, 0.15) is 5.69 Å². The van der Waals surface area contributed by atoms with Crippen LogP contribution in [0.2, 0.25) is 0 Å². The molecule has 1 aliphatic heterocycles. The highest BCUT2D eigenvalue weighted by Crippen LogP contribution is 2.26. The highest BCUT2D eigenvalue weighted by atomic mass is 19.3. The molecule has 1 saturated heterocycles. The third-order valence-electron chi connectivity index (χ3n) is 3.31. The van der Waals surface area contributed by atoms with Crippen LogP contribution in [0.1, 0.15) is 42.7 Å². The van der Waals surface area contributed by atoms with E-state index in [1.807, 2.05) is 13.8 Å². The Morgan fingerprint density at radius 3 is 2.75 bits per heavy atom. The van der Waals surface area contributed by atoms with Gasteiger partial charge in [-0.25, -0.2) is 8.78 Å². The normalized spacial score (nSPS) is 19.4. The van der Waals surface area contributed by atoms with Gasteiger partial charge in [0.05, 0.1) is 17.9 Å². The van der Waals surface area contributed by atoms with Gasteiger partial charge in [-0.3, -0.25) is 9.48 Å². The molecule has 1 aromatic rings. The quantitative estimate of drug-likeness (QED) is 0.916. The van der Waals surface area contributed by atoms with Crippen molar-refractivity contribution in [3.63, 3.8) is 0 Å². The van der Waals surface area contributed by atoms with Gasteiger partial charge in [-0.1, -0.05) is 13.8 Å². The lowest BCUT2D eigenvalue weighted by Gasteiger charge is -2.16. The number of alkyl halides is 2. The van der Waals surface area contributed by atoms with Gasteiger partial charge < -0.3 is 10.0 Å². The molecule has 1 fully saturated rings. The summed E-state index contributed by atoms with van der Waals surface area (Å²) in [4.78, 5) is 13.6.